The van der Waals surface area contributed by atoms with Crippen LogP contribution < -0.4 is 0 Å². The van der Waals surface area contributed by atoms with Crippen molar-refractivity contribution in [3.63, 3.8) is 0 Å². The van der Waals surface area contributed by atoms with Crippen LogP contribution in [0.4, 0.5) is 0 Å². The Bertz CT molecular complexity index is 576. The molecule has 1 aliphatic heterocycles. The molecule has 2 aromatic rings. The van der Waals surface area contributed by atoms with Gasteiger partial charge < -0.3 is 5.11 Å². The molecule has 2 heteroatoms. The summed E-state index contributed by atoms with van der Waals surface area (Å²) in [4.78, 5) is 2.53. The van der Waals surface area contributed by atoms with E-state index in [0.717, 1.165) is 13.1 Å². The van der Waals surface area contributed by atoms with Gasteiger partial charge in [0.1, 0.15) is 5.75 Å². The minimum Gasteiger partial charge on any atom is -0.508 e. The smallest absolute Gasteiger partial charge is 0.115 e. The third kappa shape index (κ3) is 2.70. The molecule has 0 saturated carbocycles. The maximum absolute atomic E-state index is 9.41. The molecule has 3 rings (SSSR count). The zero-order chi connectivity index (χ0) is 13.9. The van der Waals surface area contributed by atoms with Gasteiger partial charge in [-0.2, -0.15) is 0 Å². The Hall–Kier alpha value is -1.80. The van der Waals surface area contributed by atoms with E-state index in [2.05, 4.69) is 36.1 Å². The molecule has 1 N–H and O–H groups in total. The maximum atomic E-state index is 9.41. The normalized spacial score (nSPS) is 17.2. The first-order valence-electron chi connectivity index (χ1n) is 7.34. The van der Waals surface area contributed by atoms with Gasteiger partial charge in [-0.05, 0) is 55.1 Å². The van der Waals surface area contributed by atoms with Gasteiger partial charge in [0.05, 0.1) is 0 Å². The Morgan fingerprint density at radius 1 is 1.00 bits per heavy atom. The average molecular weight is 267 g/mol. The molecule has 0 spiro atoms. The fourth-order valence-corrected chi connectivity index (χ4v) is 3.02. The van der Waals surface area contributed by atoms with Crippen molar-refractivity contribution in [2.45, 2.75) is 32.4 Å². The molecule has 0 radical (unpaired) electrons. The second kappa shape index (κ2) is 5.68. The van der Waals surface area contributed by atoms with Gasteiger partial charge in [0.25, 0.3) is 0 Å². The molecule has 20 heavy (non-hydrogen) atoms. The highest BCUT2D eigenvalue weighted by molar-refractivity contribution is 5.30. The molecule has 0 bridgehead atoms. The predicted molar refractivity (Wildman–Crippen MR) is 81.7 cm³/mol. The lowest BCUT2D eigenvalue weighted by molar-refractivity contribution is 0.205. The quantitative estimate of drug-likeness (QED) is 0.892. The molecular weight excluding hydrogens is 246 g/mol. The van der Waals surface area contributed by atoms with Gasteiger partial charge in [-0.1, -0.05) is 36.4 Å². The molecule has 0 fully saturated rings. The summed E-state index contributed by atoms with van der Waals surface area (Å²) in [5.74, 6) is 0.335. The Balaban J connectivity index is 1.82. The summed E-state index contributed by atoms with van der Waals surface area (Å²) in [6.45, 7) is 4.38. The summed E-state index contributed by atoms with van der Waals surface area (Å²) >= 11 is 0. The van der Waals surface area contributed by atoms with Crippen LogP contribution in [0.5, 0.6) is 5.75 Å². The van der Waals surface area contributed by atoms with Crippen molar-refractivity contribution in [3.8, 4) is 5.75 Å². The second-order valence-electron chi connectivity index (χ2n) is 5.61. The molecule has 0 amide bonds. The number of benzene rings is 2. The molecular formula is C18H21NO. The minimum absolute atomic E-state index is 0.335. The number of hydrogen-bond acceptors (Lipinski definition) is 2. The molecule has 1 atom stereocenters. The first-order chi connectivity index (χ1) is 9.74. The number of hydrogen-bond donors (Lipinski definition) is 1. The van der Waals surface area contributed by atoms with Gasteiger partial charge in [0.2, 0.25) is 0 Å². The summed E-state index contributed by atoms with van der Waals surface area (Å²) in [6.07, 6.45) is 2.38. The zero-order valence-electron chi connectivity index (χ0n) is 11.9. The monoisotopic (exact) mass is 267 g/mol. The molecule has 1 aliphatic rings. The number of phenols is 1. The largest absolute Gasteiger partial charge is 0.508 e. The molecule has 0 aromatic heterocycles. The van der Waals surface area contributed by atoms with Crippen LogP contribution in [0.1, 0.15) is 36.1 Å². The van der Waals surface area contributed by atoms with E-state index in [4.69, 9.17) is 0 Å². The van der Waals surface area contributed by atoms with E-state index in [-0.39, 0.29) is 0 Å². The van der Waals surface area contributed by atoms with Crippen molar-refractivity contribution < 1.29 is 5.11 Å². The average Bonchev–Trinajstić information content (AvgIpc) is 2.69. The summed E-state index contributed by atoms with van der Waals surface area (Å²) < 4.78 is 0. The van der Waals surface area contributed by atoms with Crippen LogP contribution in [0.15, 0.2) is 48.5 Å². The van der Waals surface area contributed by atoms with E-state index in [1.54, 1.807) is 12.1 Å². The van der Waals surface area contributed by atoms with E-state index in [1.165, 1.54) is 29.5 Å². The number of fused-ring (bicyclic) bond motifs is 1. The van der Waals surface area contributed by atoms with Gasteiger partial charge in [0.15, 0.2) is 0 Å². The van der Waals surface area contributed by atoms with E-state index in [1.807, 2.05) is 12.1 Å². The lowest BCUT2D eigenvalue weighted by Gasteiger charge is -2.28. The lowest BCUT2D eigenvalue weighted by Crippen LogP contribution is -2.26. The molecule has 104 valence electrons. The zero-order valence-corrected chi connectivity index (χ0v) is 11.9. The highest BCUT2D eigenvalue weighted by Gasteiger charge is 2.19. The number of nitrogens with zero attached hydrogens (tertiary/aromatic N) is 1. The predicted octanol–water partition coefficient (Wildman–Crippen LogP) is 3.90. The Morgan fingerprint density at radius 2 is 1.70 bits per heavy atom. The summed E-state index contributed by atoms with van der Waals surface area (Å²) in [5.41, 5.74) is 4.21. The van der Waals surface area contributed by atoms with Crippen LogP contribution >= 0.6 is 0 Å². The summed E-state index contributed by atoms with van der Waals surface area (Å²) in [6, 6.07) is 16.7. The van der Waals surface area contributed by atoms with Gasteiger partial charge in [-0.15, -0.1) is 0 Å². The van der Waals surface area contributed by atoms with E-state index in [9.17, 15) is 5.11 Å². The van der Waals surface area contributed by atoms with E-state index in [0.29, 0.717) is 11.8 Å². The minimum atomic E-state index is 0.335. The first-order valence-corrected chi connectivity index (χ1v) is 7.34. The highest BCUT2D eigenvalue weighted by atomic mass is 16.3. The molecule has 1 heterocycles. The Morgan fingerprint density at radius 3 is 2.45 bits per heavy atom. The lowest BCUT2D eigenvalue weighted by atomic mass is 10.0. The van der Waals surface area contributed by atoms with Crippen molar-refractivity contribution in [2.24, 2.45) is 0 Å². The van der Waals surface area contributed by atoms with Crippen LogP contribution in [0.25, 0.3) is 0 Å². The number of phenolic OH excluding ortho intramolecular Hbond substituents is 1. The van der Waals surface area contributed by atoms with Crippen LogP contribution in [0.3, 0.4) is 0 Å². The Kier molecular flexibility index (Phi) is 3.75. The van der Waals surface area contributed by atoms with Crippen molar-refractivity contribution in [1.29, 1.82) is 0 Å². The Labute approximate surface area is 120 Å². The van der Waals surface area contributed by atoms with Crippen molar-refractivity contribution in [3.05, 3.63) is 65.2 Å². The second-order valence-corrected chi connectivity index (χ2v) is 5.61. The van der Waals surface area contributed by atoms with Crippen LogP contribution in [0.2, 0.25) is 0 Å². The molecule has 2 nitrogen and oxygen atoms in total. The van der Waals surface area contributed by atoms with Crippen molar-refractivity contribution in [2.75, 3.05) is 6.54 Å². The van der Waals surface area contributed by atoms with E-state index >= 15 is 0 Å². The van der Waals surface area contributed by atoms with Crippen molar-refractivity contribution >= 4 is 0 Å². The summed E-state index contributed by atoms with van der Waals surface area (Å²) in [7, 11) is 0. The highest BCUT2D eigenvalue weighted by Crippen LogP contribution is 2.27. The number of aryl methyl sites for hydroxylation is 1. The van der Waals surface area contributed by atoms with Crippen LogP contribution in [-0.4, -0.2) is 16.6 Å². The third-order valence-corrected chi connectivity index (χ3v) is 4.31. The third-order valence-electron chi connectivity index (χ3n) is 4.31. The van der Waals surface area contributed by atoms with Crippen LogP contribution in [-0.2, 0) is 13.0 Å². The first kappa shape index (κ1) is 13.2. The summed E-state index contributed by atoms with van der Waals surface area (Å²) in [5, 5.41) is 9.41. The fourth-order valence-electron chi connectivity index (χ4n) is 3.02. The molecule has 2 aromatic carbocycles. The van der Waals surface area contributed by atoms with Gasteiger partial charge in [-0.3, -0.25) is 4.90 Å². The van der Waals surface area contributed by atoms with Crippen molar-refractivity contribution in [1.82, 2.24) is 4.90 Å². The standard InChI is InChI=1S/C18H21NO/c1-14(15-8-10-18(20)11-9-15)19-12-4-7-16-5-2-3-6-17(16)13-19/h2-3,5-6,8-11,14,20H,4,7,12-13H2,1H3. The number of rotatable bonds is 2. The molecule has 1 unspecified atom stereocenters. The fraction of sp³-hybridized carbons (Fsp3) is 0.333. The maximum Gasteiger partial charge on any atom is 0.115 e. The van der Waals surface area contributed by atoms with E-state index < -0.39 is 0 Å². The van der Waals surface area contributed by atoms with Gasteiger partial charge in [0, 0.05) is 12.6 Å². The number of aromatic hydroxyl groups is 1. The van der Waals surface area contributed by atoms with Gasteiger partial charge >= 0.3 is 0 Å². The molecule has 0 aliphatic carbocycles. The van der Waals surface area contributed by atoms with Gasteiger partial charge in [-0.25, -0.2) is 0 Å². The van der Waals surface area contributed by atoms with Crippen LogP contribution in [0, 0.1) is 0 Å². The topological polar surface area (TPSA) is 23.5 Å². The SMILES string of the molecule is CC(c1ccc(O)cc1)N1CCCc2ccccc2C1. The molecule has 0 saturated heterocycles.